The third-order valence-corrected chi connectivity index (χ3v) is 6.16. The van der Waals surface area contributed by atoms with Gasteiger partial charge in [0.05, 0.1) is 11.8 Å². The van der Waals surface area contributed by atoms with E-state index in [9.17, 15) is 4.79 Å². The zero-order valence-electron chi connectivity index (χ0n) is 14.5. The van der Waals surface area contributed by atoms with Crippen molar-refractivity contribution < 1.29 is 9.53 Å². The highest BCUT2D eigenvalue weighted by molar-refractivity contribution is 7.98. The topological polar surface area (TPSA) is 51.2 Å². The number of hydrogen-bond donors (Lipinski definition) is 1. The van der Waals surface area contributed by atoms with Crippen molar-refractivity contribution in [1.29, 1.82) is 0 Å². The van der Waals surface area contributed by atoms with E-state index in [1.165, 1.54) is 9.77 Å². The Morgan fingerprint density at radius 2 is 1.92 bits per heavy atom. The average molecular weight is 383 g/mol. The number of rotatable bonds is 4. The maximum Gasteiger partial charge on any atom is 0.257 e. The van der Waals surface area contributed by atoms with Gasteiger partial charge in [0.15, 0.2) is 5.13 Å². The molecule has 1 amide bonds. The van der Waals surface area contributed by atoms with E-state index in [-0.39, 0.29) is 12.0 Å². The zero-order valence-corrected chi connectivity index (χ0v) is 16.1. The molecule has 132 valence electrons. The average Bonchev–Trinajstić information content (AvgIpc) is 3.04. The maximum absolute atomic E-state index is 12.5. The third kappa shape index (κ3) is 3.48. The van der Waals surface area contributed by atoms with Crippen molar-refractivity contribution in [2.24, 2.45) is 0 Å². The second-order valence-corrected chi connectivity index (χ2v) is 8.32. The van der Waals surface area contributed by atoms with Crippen LogP contribution in [-0.2, 0) is 5.75 Å². The summed E-state index contributed by atoms with van der Waals surface area (Å²) in [5.41, 5.74) is 2.72. The number of nitrogens with one attached hydrogen (secondary N) is 1. The lowest BCUT2D eigenvalue weighted by molar-refractivity contribution is 0.102. The Bertz CT molecular complexity index is 949. The van der Waals surface area contributed by atoms with Crippen LogP contribution in [-0.4, -0.2) is 17.0 Å². The first-order chi connectivity index (χ1) is 12.6. The Morgan fingerprint density at radius 1 is 1.15 bits per heavy atom. The number of benzene rings is 2. The number of hydrogen-bond acceptors (Lipinski definition) is 5. The van der Waals surface area contributed by atoms with Gasteiger partial charge < -0.3 is 4.74 Å². The molecular weight excluding hydrogens is 364 g/mol. The number of anilines is 1. The van der Waals surface area contributed by atoms with Gasteiger partial charge in [0.1, 0.15) is 5.75 Å². The Balaban J connectivity index is 1.52. The summed E-state index contributed by atoms with van der Waals surface area (Å²) in [4.78, 5) is 19.6. The fourth-order valence-electron chi connectivity index (χ4n) is 2.77. The van der Waals surface area contributed by atoms with E-state index >= 15 is 0 Å². The molecule has 6 heteroatoms. The maximum atomic E-state index is 12.5. The minimum Gasteiger partial charge on any atom is -0.491 e. The van der Waals surface area contributed by atoms with Gasteiger partial charge in [-0.3, -0.25) is 10.1 Å². The number of fused-ring (bicyclic) bond motifs is 3. The van der Waals surface area contributed by atoms with Crippen molar-refractivity contribution in [3.63, 3.8) is 0 Å². The van der Waals surface area contributed by atoms with Gasteiger partial charge in [-0.1, -0.05) is 18.2 Å². The van der Waals surface area contributed by atoms with Gasteiger partial charge in [0.2, 0.25) is 0 Å². The molecule has 0 radical (unpaired) electrons. The molecule has 0 aliphatic carbocycles. The van der Waals surface area contributed by atoms with Gasteiger partial charge in [-0.25, -0.2) is 4.98 Å². The molecule has 1 aliphatic heterocycles. The minimum atomic E-state index is -0.159. The summed E-state index contributed by atoms with van der Waals surface area (Å²) < 4.78 is 5.61. The standard InChI is InChI=1S/C20H18N2O2S2/c1-12(2)24-14-9-7-13(8-10-14)19(23)22-20-21-18-15-5-3-4-6-16(15)25-11-17(18)26-20/h3-10,12H,11H2,1-2H3,(H,21,22,23). The van der Waals surface area contributed by atoms with Crippen molar-refractivity contribution in [2.75, 3.05) is 5.32 Å². The summed E-state index contributed by atoms with van der Waals surface area (Å²) in [6.45, 7) is 3.95. The highest BCUT2D eigenvalue weighted by Gasteiger charge is 2.21. The van der Waals surface area contributed by atoms with E-state index in [0.29, 0.717) is 10.7 Å². The van der Waals surface area contributed by atoms with E-state index in [2.05, 4.69) is 22.4 Å². The molecular formula is C20H18N2O2S2. The second-order valence-electron chi connectivity index (χ2n) is 6.22. The van der Waals surface area contributed by atoms with Crippen molar-refractivity contribution in [1.82, 2.24) is 4.98 Å². The van der Waals surface area contributed by atoms with E-state index in [1.807, 2.05) is 49.9 Å². The number of nitrogens with zero attached hydrogens (tertiary/aromatic N) is 1. The molecule has 0 atom stereocenters. The molecule has 1 N–H and O–H groups in total. The molecule has 0 unspecified atom stereocenters. The van der Waals surface area contributed by atoms with Crippen LogP contribution in [0.4, 0.5) is 5.13 Å². The highest BCUT2D eigenvalue weighted by Crippen LogP contribution is 2.44. The van der Waals surface area contributed by atoms with Gasteiger partial charge in [0, 0.05) is 26.7 Å². The lowest BCUT2D eigenvalue weighted by Crippen LogP contribution is -2.12. The van der Waals surface area contributed by atoms with Crippen LogP contribution in [0.25, 0.3) is 11.3 Å². The first-order valence-corrected chi connectivity index (χ1v) is 10.2. The fourth-order valence-corrected chi connectivity index (χ4v) is 4.87. The number of aromatic nitrogens is 1. The van der Waals surface area contributed by atoms with Gasteiger partial charge in [-0.15, -0.1) is 23.1 Å². The Hall–Kier alpha value is -2.31. The van der Waals surface area contributed by atoms with Gasteiger partial charge in [-0.05, 0) is 44.2 Å². The van der Waals surface area contributed by atoms with Crippen molar-refractivity contribution in [3.05, 3.63) is 59.0 Å². The smallest absolute Gasteiger partial charge is 0.257 e. The molecule has 1 aliphatic rings. The van der Waals surface area contributed by atoms with Crippen LogP contribution in [0.15, 0.2) is 53.4 Å². The SMILES string of the molecule is CC(C)Oc1ccc(C(=O)Nc2nc3c(s2)CSc2ccccc2-3)cc1. The van der Waals surface area contributed by atoms with Crippen LogP contribution in [0.5, 0.6) is 5.75 Å². The Labute approximate surface area is 160 Å². The molecule has 4 nitrogen and oxygen atoms in total. The number of ether oxygens (including phenoxy) is 1. The predicted molar refractivity (Wildman–Crippen MR) is 107 cm³/mol. The lowest BCUT2D eigenvalue weighted by Gasteiger charge is -2.13. The largest absolute Gasteiger partial charge is 0.491 e. The fraction of sp³-hybridized carbons (Fsp3) is 0.200. The van der Waals surface area contributed by atoms with Crippen LogP contribution < -0.4 is 10.1 Å². The number of thioether (sulfide) groups is 1. The molecule has 1 aromatic heterocycles. The van der Waals surface area contributed by atoms with Gasteiger partial charge in [-0.2, -0.15) is 0 Å². The number of amides is 1. The summed E-state index contributed by atoms with van der Waals surface area (Å²) in [5.74, 6) is 1.49. The third-order valence-electron chi connectivity index (χ3n) is 3.91. The zero-order chi connectivity index (χ0) is 18.1. The Morgan fingerprint density at radius 3 is 2.69 bits per heavy atom. The molecule has 0 saturated heterocycles. The normalized spacial score (nSPS) is 12.4. The quantitative estimate of drug-likeness (QED) is 0.651. The van der Waals surface area contributed by atoms with Gasteiger partial charge in [0.25, 0.3) is 5.91 Å². The summed E-state index contributed by atoms with van der Waals surface area (Å²) in [5, 5.41) is 3.56. The number of carbonyl (C=O) groups excluding carboxylic acids is 1. The molecule has 2 heterocycles. The summed E-state index contributed by atoms with van der Waals surface area (Å²) in [6.07, 6.45) is 0.108. The van der Waals surface area contributed by atoms with E-state index in [4.69, 9.17) is 4.74 Å². The Kier molecular flexibility index (Phi) is 4.70. The van der Waals surface area contributed by atoms with E-state index in [1.54, 1.807) is 23.5 Å². The molecule has 4 rings (SSSR count). The summed E-state index contributed by atoms with van der Waals surface area (Å²) in [7, 11) is 0. The molecule has 3 aromatic rings. The van der Waals surface area contributed by atoms with Crippen LogP contribution in [0, 0.1) is 0 Å². The van der Waals surface area contributed by atoms with Crippen LogP contribution in [0.2, 0.25) is 0 Å². The second kappa shape index (κ2) is 7.13. The van der Waals surface area contributed by atoms with Crippen molar-refractivity contribution in [2.45, 2.75) is 30.6 Å². The molecule has 2 aromatic carbocycles. The van der Waals surface area contributed by atoms with Crippen LogP contribution in [0.1, 0.15) is 29.1 Å². The van der Waals surface area contributed by atoms with E-state index in [0.717, 1.165) is 22.8 Å². The highest BCUT2D eigenvalue weighted by atomic mass is 32.2. The number of thiazole rings is 1. The molecule has 0 saturated carbocycles. The summed E-state index contributed by atoms with van der Waals surface area (Å²) >= 11 is 3.36. The first-order valence-electron chi connectivity index (χ1n) is 8.40. The molecule has 0 fully saturated rings. The van der Waals surface area contributed by atoms with Gasteiger partial charge >= 0.3 is 0 Å². The molecule has 0 spiro atoms. The molecule has 0 bridgehead atoms. The first kappa shape index (κ1) is 17.1. The molecule has 26 heavy (non-hydrogen) atoms. The van der Waals surface area contributed by atoms with Crippen LogP contribution in [0.3, 0.4) is 0 Å². The minimum absolute atomic E-state index is 0.108. The van der Waals surface area contributed by atoms with Crippen molar-refractivity contribution in [3.8, 4) is 17.0 Å². The van der Waals surface area contributed by atoms with Crippen LogP contribution >= 0.6 is 23.1 Å². The predicted octanol–water partition coefficient (Wildman–Crippen LogP) is 5.46. The van der Waals surface area contributed by atoms with E-state index < -0.39 is 0 Å². The number of carbonyl (C=O) groups is 1. The summed E-state index contributed by atoms with van der Waals surface area (Å²) in [6, 6.07) is 15.4. The monoisotopic (exact) mass is 382 g/mol. The lowest BCUT2D eigenvalue weighted by atomic mass is 10.1. The van der Waals surface area contributed by atoms with Crippen molar-refractivity contribution >= 4 is 34.1 Å².